The van der Waals surface area contributed by atoms with E-state index in [-0.39, 0.29) is 16.9 Å². The molecule has 0 bridgehead atoms. The van der Waals surface area contributed by atoms with Crippen LogP contribution in [-0.4, -0.2) is 31.0 Å². The number of hydrogen-bond donors (Lipinski definition) is 2. The Labute approximate surface area is 178 Å². The Morgan fingerprint density at radius 3 is 2.23 bits per heavy atom. The van der Waals surface area contributed by atoms with Crippen LogP contribution in [0, 0.1) is 0 Å². The summed E-state index contributed by atoms with van der Waals surface area (Å²) in [7, 11) is 0. The lowest BCUT2D eigenvalue weighted by atomic mass is 10.2. The van der Waals surface area contributed by atoms with Crippen LogP contribution in [0.4, 0.5) is 5.69 Å². The highest BCUT2D eigenvalue weighted by Crippen LogP contribution is 2.31. The molecule has 0 saturated carbocycles. The van der Waals surface area contributed by atoms with Crippen molar-refractivity contribution in [1.82, 2.24) is 14.8 Å². The fourth-order valence-electron chi connectivity index (χ4n) is 2.93. The predicted octanol–water partition coefficient (Wildman–Crippen LogP) is 4.76. The van der Waals surface area contributed by atoms with Crippen molar-refractivity contribution in [2.45, 2.75) is 17.3 Å². The molecule has 2 N–H and O–H groups in total. The minimum absolute atomic E-state index is 0.111. The zero-order valence-electron chi connectivity index (χ0n) is 16.3. The molecule has 0 spiro atoms. The van der Waals surface area contributed by atoms with Gasteiger partial charge < -0.3 is 10.4 Å². The fraction of sp³-hybridized carbons (Fsp3) is 0.0870. The molecule has 150 valence electrons. The molecule has 1 atom stereocenters. The summed E-state index contributed by atoms with van der Waals surface area (Å²) in [6.07, 6.45) is 0. The molecule has 30 heavy (non-hydrogen) atoms. The summed E-state index contributed by atoms with van der Waals surface area (Å²) in [5, 5.41) is 21.5. The molecule has 4 rings (SSSR count). The van der Waals surface area contributed by atoms with Crippen LogP contribution >= 0.6 is 11.8 Å². The van der Waals surface area contributed by atoms with Crippen LogP contribution < -0.4 is 5.32 Å². The molecule has 0 aliphatic rings. The van der Waals surface area contributed by atoms with Gasteiger partial charge in [-0.05, 0) is 55.5 Å². The van der Waals surface area contributed by atoms with Gasteiger partial charge in [-0.25, -0.2) is 0 Å². The van der Waals surface area contributed by atoms with Gasteiger partial charge in [-0.3, -0.25) is 9.36 Å². The number of amides is 1. The molecule has 0 aliphatic heterocycles. The van der Waals surface area contributed by atoms with Crippen molar-refractivity contribution in [3.8, 4) is 22.8 Å². The van der Waals surface area contributed by atoms with Crippen LogP contribution in [-0.2, 0) is 4.79 Å². The number of rotatable bonds is 6. The van der Waals surface area contributed by atoms with Gasteiger partial charge in [0.2, 0.25) is 5.91 Å². The molecule has 6 nitrogen and oxygen atoms in total. The second kappa shape index (κ2) is 8.84. The molecule has 7 heteroatoms. The summed E-state index contributed by atoms with van der Waals surface area (Å²) in [5.41, 5.74) is 2.46. The van der Waals surface area contributed by atoms with Crippen LogP contribution in [0.2, 0.25) is 0 Å². The third-order valence-electron chi connectivity index (χ3n) is 4.47. The lowest BCUT2D eigenvalue weighted by Gasteiger charge is -2.14. The van der Waals surface area contributed by atoms with Crippen LogP contribution in [0.25, 0.3) is 17.1 Å². The molecule has 0 saturated heterocycles. The Hall–Kier alpha value is -3.58. The van der Waals surface area contributed by atoms with Crippen molar-refractivity contribution in [2.24, 2.45) is 0 Å². The maximum absolute atomic E-state index is 12.7. The number of nitrogens with one attached hydrogen (secondary N) is 1. The number of aromatic nitrogens is 3. The number of carbonyl (C=O) groups is 1. The standard InChI is InChI=1S/C23H20N4O2S/c1-16(22(29)24-18-8-4-2-5-9-18)30-23-26-25-21(17-12-14-20(28)15-13-17)27(23)19-10-6-3-7-11-19/h2-16,28H,1H3,(H,24,29). The van der Waals surface area contributed by atoms with Gasteiger partial charge in [-0.1, -0.05) is 48.2 Å². The van der Waals surface area contributed by atoms with Crippen molar-refractivity contribution >= 4 is 23.4 Å². The van der Waals surface area contributed by atoms with E-state index in [0.717, 1.165) is 16.9 Å². The zero-order chi connectivity index (χ0) is 20.9. The average Bonchev–Trinajstić information content (AvgIpc) is 3.19. The summed E-state index contributed by atoms with van der Waals surface area (Å²) in [5.74, 6) is 0.713. The second-order valence-corrected chi connectivity index (χ2v) is 7.95. The van der Waals surface area contributed by atoms with E-state index < -0.39 is 0 Å². The normalized spacial score (nSPS) is 11.8. The number of para-hydroxylation sites is 2. The molecular formula is C23H20N4O2S. The second-order valence-electron chi connectivity index (χ2n) is 6.64. The van der Waals surface area contributed by atoms with Crippen molar-refractivity contribution < 1.29 is 9.90 Å². The summed E-state index contributed by atoms with van der Waals surface area (Å²) >= 11 is 1.34. The number of anilines is 1. The highest BCUT2D eigenvalue weighted by Gasteiger charge is 2.22. The highest BCUT2D eigenvalue weighted by atomic mass is 32.2. The average molecular weight is 417 g/mol. The van der Waals surface area contributed by atoms with Gasteiger partial charge >= 0.3 is 0 Å². The molecular weight excluding hydrogens is 396 g/mol. The highest BCUT2D eigenvalue weighted by molar-refractivity contribution is 8.00. The van der Waals surface area contributed by atoms with Crippen molar-refractivity contribution in [1.29, 1.82) is 0 Å². The van der Waals surface area contributed by atoms with Crippen LogP contribution in [0.15, 0.2) is 90.1 Å². The first-order valence-corrected chi connectivity index (χ1v) is 10.3. The molecule has 0 fully saturated rings. The SMILES string of the molecule is CC(Sc1nnc(-c2ccc(O)cc2)n1-c1ccccc1)C(=O)Nc1ccccc1. The third-order valence-corrected chi connectivity index (χ3v) is 5.51. The maximum Gasteiger partial charge on any atom is 0.237 e. The van der Waals surface area contributed by atoms with E-state index in [2.05, 4.69) is 15.5 Å². The Kier molecular flexibility index (Phi) is 5.81. The van der Waals surface area contributed by atoms with Gasteiger partial charge in [0.15, 0.2) is 11.0 Å². The molecule has 0 radical (unpaired) electrons. The van der Waals surface area contributed by atoms with Gasteiger partial charge in [-0.15, -0.1) is 10.2 Å². The van der Waals surface area contributed by atoms with Gasteiger partial charge in [0, 0.05) is 16.9 Å². The predicted molar refractivity (Wildman–Crippen MR) is 119 cm³/mol. The van der Waals surface area contributed by atoms with E-state index >= 15 is 0 Å². The fourth-order valence-corrected chi connectivity index (χ4v) is 3.80. The van der Waals surface area contributed by atoms with Crippen molar-refractivity contribution in [3.63, 3.8) is 0 Å². The summed E-state index contributed by atoms with van der Waals surface area (Å²) in [4.78, 5) is 12.7. The van der Waals surface area contributed by atoms with Crippen LogP contribution in [0.1, 0.15) is 6.92 Å². The minimum atomic E-state index is -0.385. The number of carbonyl (C=O) groups excluding carboxylic acids is 1. The Morgan fingerprint density at radius 1 is 0.933 bits per heavy atom. The lowest BCUT2D eigenvalue weighted by molar-refractivity contribution is -0.115. The maximum atomic E-state index is 12.7. The largest absolute Gasteiger partial charge is 0.508 e. The van der Waals surface area contributed by atoms with Crippen LogP contribution in [0.5, 0.6) is 5.75 Å². The molecule has 1 aromatic heterocycles. The number of thioether (sulfide) groups is 1. The monoisotopic (exact) mass is 416 g/mol. The van der Waals surface area contributed by atoms with E-state index in [0.29, 0.717) is 11.0 Å². The topological polar surface area (TPSA) is 80.0 Å². The van der Waals surface area contributed by atoms with Crippen LogP contribution in [0.3, 0.4) is 0 Å². The molecule has 4 aromatic rings. The Balaban J connectivity index is 1.64. The van der Waals surface area contributed by atoms with Gasteiger partial charge in [0.1, 0.15) is 5.75 Å². The Morgan fingerprint density at radius 2 is 1.57 bits per heavy atom. The van der Waals surface area contributed by atoms with Gasteiger partial charge in [0.25, 0.3) is 0 Å². The van der Waals surface area contributed by atoms with Crippen molar-refractivity contribution in [2.75, 3.05) is 5.32 Å². The van der Waals surface area contributed by atoms with Gasteiger partial charge in [0.05, 0.1) is 5.25 Å². The molecule has 1 amide bonds. The zero-order valence-corrected chi connectivity index (χ0v) is 17.1. The van der Waals surface area contributed by atoms with E-state index in [1.807, 2.05) is 72.2 Å². The molecule has 1 unspecified atom stereocenters. The smallest absolute Gasteiger partial charge is 0.237 e. The van der Waals surface area contributed by atoms with Crippen molar-refractivity contribution in [3.05, 3.63) is 84.9 Å². The Bertz CT molecular complexity index is 1130. The summed E-state index contributed by atoms with van der Waals surface area (Å²) < 4.78 is 1.92. The quantitative estimate of drug-likeness (QED) is 0.443. The molecule has 0 aliphatic carbocycles. The number of benzene rings is 3. The number of phenols is 1. The van der Waals surface area contributed by atoms with E-state index in [4.69, 9.17) is 0 Å². The summed E-state index contributed by atoms with van der Waals surface area (Å²) in [6, 6.07) is 25.9. The lowest BCUT2D eigenvalue weighted by Crippen LogP contribution is -2.22. The molecule has 3 aromatic carbocycles. The first kappa shape index (κ1) is 19.7. The first-order chi connectivity index (χ1) is 14.6. The number of aromatic hydroxyl groups is 1. The first-order valence-electron chi connectivity index (χ1n) is 9.44. The number of hydrogen-bond acceptors (Lipinski definition) is 5. The van der Waals surface area contributed by atoms with Gasteiger partial charge in [-0.2, -0.15) is 0 Å². The third kappa shape index (κ3) is 4.36. The summed E-state index contributed by atoms with van der Waals surface area (Å²) in [6.45, 7) is 1.84. The van der Waals surface area contributed by atoms with E-state index in [1.54, 1.807) is 24.3 Å². The van der Waals surface area contributed by atoms with E-state index in [9.17, 15) is 9.90 Å². The number of phenolic OH excluding ortho intramolecular Hbond substituents is 1. The number of nitrogens with zero attached hydrogens (tertiary/aromatic N) is 3. The minimum Gasteiger partial charge on any atom is -0.508 e. The molecule has 1 heterocycles. The van der Waals surface area contributed by atoms with E-state index in [1.165, 1.54) is 11.8 Å².